The lowest BCUT2D eigenvalue weighted by atomic mass is 10.0. The highest BCUT2D eigenvalue weighted by molar-refractivity contribution is 9.10. The summed E-state index contributed by atoms with van der Waals surface area (Å²) in [6.07, 6.45) is 2.37. The average molecular weight is 328 g/mol. The van der Waals surface area contributed by atoms with E-state index in [0.29, 0.717) is 11.6 Å². The first kappa shape index (κ1) is 16.2. The molecule has 19 heavy (non-hydrogen) atoms. The van der Waals surface area contributed by atoms with Crippen LogP contribution < -0.4 is 5.32 Å². The minimum Gasteiger partial charge on any atom is -0.478 e. The van der Waals surface area contributed by atoms with Gasteiger partial charge in [-0.15, -0.1) is 0 Å². The van der Waals surface area contributed by atoms with E-state index >= 15 is 0 Å². The minimum atomic E-state index is -0.898. The second kappa shape index (κ2) is 7.65. The third-order valence-corrected chi connectivity index (χ3v) is 3.86. The Hall–Kier alpha value is -0.870. The summed E-state index contributed by atoms with van der Waals surface area (Å²) in [5, 5.41) is 12.4. The maximum Gasteiger partial charge on any atom is 0.335 e. The molecule has 0 amide bonds. The SMILES string of the molecule is CC(C)CCC(C)NCc1ccc(C(=O)O)cc1Br. The smallest absolute Gasteiger partial charge is 0.335 e. The second-order valence-corrected chi connectivity index (χ2v) is 6.22. The predicted octanol–water partition coefficient (Wildman–Crippen LogP) is 4.06. The van der Waals surface area contributed by atoms with Crippen molar-refractivity contribution in [1.82, 2.24) is 5.32 Å². The molecule has 1 aromatic rings. The molecule has 4 heteroatoms. The third kappa shape index (κ3) is 5.74. The van der Waals surface area contributed by atoms with E-state index in [1.54, 1.807) is 12.1 Å². The summed E-state index contributed by atoms with van der Waals surface area (Å²) in [7, 11) is 0. The zero-order chi connectivity index (χ0) is 14.4. The molecule has 0 aromatic heterocycles. The molecule has 0 saturated carbocycles. The van der Waals surface area contributed by atoms with Crippen molar-refractivity contribution in [3.63, 3.8) is 0 Å². The number of carboxylic acid groups (broad SMARTS) is 1. The number of hydrogen-bond acceptors (Lipinski definition) is 2. The largest absolute Gasteiger partial charge is 0.478 e. The molecule has 3 nitrogen and oxygen atoms in total. The summed E-state index contributed by atoms with van der Waals surface area (Å²) >= 11 is 3.42. The maximum absolute atomic E-state index is 10.8. The van der Waals surface area contributed by atoms with Crippen molar-refractivity contribution >= 4 is 21.9 Å². The molecule has 1 aromatic carbocycles. The molecule has 1 atom stereocenters. The topological polar surface area (TPSA) is 49.3 Å². The quantitative estimate of drug-likeness (QED) is 0.793. The van der Waals surface area contributed by atoms with Crippen molar-refractivity contribution in [2.45, 2.75) is 46.2 Å². The van der Waals surface area contributed by atoms with Crippen LogP contribution in [-0.4, -0.2) is 17.1 Å². The van der Waals surface area contributed by atoms with Crippen LogP contribution in [0.25, 0.3) is 0 Å². The Morgan fingerprint density at radius 2 is 2.00 bits per heavy atom. The number of carbonyl (C=O) groups is 1. The van der Waals surface area contributed by atoms with Gasteiger partial charge in [0.25, 0.3) is 0 Å². The van der Waals surface area contributed by atoms with E-state index in [4.69, 9.17) is 5.11 Å². The molecule has 1 rings (SSSR count). The lowest BCUT2D eigenvalue weighted by Crippen LogP contribution is -2.26. The minimum absolute atomic E-state index is 0.309. The molecule has 0 fully saturated rings. The molecule has 0 spiro atoms. The van der Waals surface area contributed by atoms with Gasteiger partial charge in [-0.3, -0.25) is 0 Å². The van der Waals surface area contributed by atoms with E-state index in [1.165, 1.54) is 6.42 Å². The fourth-order valence-electron chi connectivity index (χ4n) is 1.79. The Balaban J connectivity index is 2.51. The first-order valence-electron chi connectivity index (χ1n) is 6.65. The summed E-state index contributed by atoms with van der Waals surface area (Å²) in [5.74, 6) is -0.170. The molecule has 0 aliphatic rings. The lowest BCUT2D eigenvalue weighted by molar-refractivity contribution is 0.0697. The number of halogens is 1. The van der Waals surface area contributed by atoms with Gasteiger partial charge >= 0.3 is 5.97 Å². The molecule has 0 radical (unpaired) electrons. The van der Waals surface area contributed by atoms with Gasteiger partial charge in [0.05, 0.1) is 5.56 Å². The Morgan fingerprint density at radius 3 is 2.53 bits per heavy atom. The van der Waals surface area contributed by atoms with Crippen molar-refractivity contribution in [2.24, 2.45) is 5.92 Å². The summed E-state index contributed by atoms with van der Waals surface area (Å²) < 4.78 is 0.843. The van der Waals surface area contributed by atoms with Crippen molar-refractivity contribution in [3.8, 4) is 0 Å². The van der Waals surface area contributed by atoms with Gasteiger partial charge in [-0.05, 0) is 43.4 Å². The highest BCUT2D eigenvalue weighted by Crippen LogP contribution is 2.19. The van der Waals surface area contributed by atoms with E-state index in [0.717, 1.165) is 28.9 Å². The normalized spacial score (nSPS) is 12.7. The standard InChI is InChI=1S/C15H22BrNO2/c1-10(2)4-5-11(3)17-9-13-7-6-12(15(18)19)8-14(13)16/h6-8,10-11,17H,4-5,9H2,1-3H3,(H,18,19). The Morgan fingerprint density at radius 1 is 1.32 bits per heavy atom. The van der Waals surface area contributed by atoms with Crippen molar-refractivity contribution in [3.05, 3.63) is 33.8 Å². The van der Waals surface area contributed by atoms with Crippen LogP contribution in [0, 0.1) is 5.92 Å². The highest BCUT2D eigenvalue weighted by atomic mass is 79.9. The van der Waals surface area contributed by atoms with Gasteiger partial charge in [0, 0.05) is 17.1 Å². The van der Waals surface area contributed by atoms with Gasteiger partial charge in [-0.2, -0.15) is 0 Å². The third-order valence-electron chi connectivity index (χ3n) is 3.12. The van der Waals surface area contributed by atoms with E-state index in [2.05, 4.69) is 42.0 Å². The van der Waals surface area contributed by atoms with Crippen molar-refractivity contribution in [1.29, 1.82) is 0 Å². The van der Waals surface area contributed by atoms with Gasteiger partial charge in [0.1, 0.15) is 0 Å². The van der Waals surface area contributed by atoms with E-state index in [9.17, 15) is 4.79 Å². The molecule has 106 valence electrons. The Bertz CT molecular complexity index is 432. The number of benzene rings is 1. The average Bonchev–Trinajstić information content (AvgIpc) is 2.34. The summed E-state index contributed by atoms with van der Waals surface area (Å²) in [6.45, 7) is 7.39. The second-order valence-electron chi connectivity index (χ2n) is 5.36. The van der Waals surface area contributed by atoms with Crippen LogP contribution in [0.4, 0.5) is 0 Å². The van der Waals surface area contributed by atoms with Crippen LogP contribution in [0.5, 0.6) is 0 Å². The van der Waals surface area contributed by atoms with Gasteiger partial charge < -0.3 is 10.4 Å². The number of hydrogen-bond donors (Lipinski definition) is 2. The van der Waals surface area contributed by atoms with Gasteiger partial charge in [-0.25, -0.2) is 4.79 Å². The summed E-state index contributed by atoms with van der Waals surface area (Å²) in [4.78, 5) is 10.8. The number of aromatic carboxylic acids is 1. The molecular weight excluding hydrogens is 306 g/mol. The van der Waals surface area contributed by atoms with E-state index < -0.39 is 5.97 Å². The monoisotopic (exact) mass is 327 g/mol. The molecular formula is C15H22BrNO2. The first-order chi connectivity index (χ1) is 8.90. The molecule has 1 unspecified atom stereocenters. The highest BCUT2D eigenvalue weighted by Gasteiger charge is 2.08. The lowest BCUT2D eigenvalue weighted by Gasteiger charge is -2.15. The number of rotatable bonds is 7. The van der Waals surface area contributed by atoms with Crippen molar-refractivity contribution < 1.29 is 9.90 Å². The van der Waals surface area contributed by atoms with Crippen LogP contribution in [0.1, 0.15) is 49.5 Å². The molecule has 0 saturated heterocycles. The molecule has 2 N–H and O–H groups in total. The van der Waals surface area contributed by atoms with Gasteiger partial charge in [0.15, 0.2) is 0 Å². The fraction of sp³-hybridized carbons (Fsp3) is 0.533. The van der Waals surface area contributed by atoms with Gasteiger partial charge in [-0.1, -0.05) is 35.8 Å². The first-order valence-corrected chi connectivity index (χ1v) is 7.44. The summed E-state index contributed by atoms with van der Waals surface area (Å²) in [6, 6.07) is 5.62. The van der Waals surface area contributed by atoms with Gasteiger partial charge in [0.2, 0.25) is 0 Å². The maximum atomic E-state index is 10.8. The van der Waals surface area contributed by atoms with E-state index in [1.807, 2.05) is 6.07 Å². The van der Waals surface area contributed by atoms with E-state index in [-0.39, 0.29) is 0 Å². The Kier molecular flexibility index (Phi) is 6.52. The fourth-order valence-corrected chi connectivity index (χ4v) is 2.31. The summed E-state index contributed by atoms with van der Waals surface area (Å²) in [5.41, 5.74) is 1.39. The zero-order valence-electron chi connectivity index (χ0n) is 11.7. The number of carboxylic acids is 1. The molecule has 0 heterocycles. The van der Waals surface area contributed by atoms with Crippen LogP contribution >= 0.6 is 15.9 Å². The van der Waals surface area contributed by atoms with Crippen LogP contribution in [0.3, 0.4) is 0 Å². The van der Waals surface area contributed by atoms with Crippen LogP contribution in [0.2, 0.25) is 0 Å². The van der Waals surface area contributed by atoms with Crippen molar-refractivity contribution in [2.75, 3.05) is 0 Å². The van der Waals surface area contributed by atoms with Crippen LogP contribution in [-0.2, 0) is 6.54 Å². The molecule has 0 aliphatic carbocycles. The predicted molar refractivity (Wildman–Crippen MR) is 81.5 cm³/mol. The molecule has 0 aliphatic heterocycles. The Labute approximate surface area is 123 Å². The van der Waals surface area contributed by atoms with Crippen LogP contribution in [0.15, 0.2) is 22.7 Å². The number of nitrogens with one attached hydrogen (secondary N) is 1. The molecule has 0 bridgehead atoms. The zero-order valence-corrected chi connectivity index (χ0v) is 13.3.